The van der Waals surface area contributed by atoms with Crippen LogP contribution >= 0.6 is 11.8 Å². The Morgan fingerprint density at radius 2 is 2.64 bits per heavy atom. The van der Waals surface area contributed by atoms with Crippen LogP contribution in [-0.4, -0.2) is 12.0 Å². The van der Waals surface area contributed by atoms with Gasteiger partial charge in [0, 0.05) is 0 Å². The summed E-state index contributed by atoms with van der Waals surface area (Å²) in [4.78, 5) is 0. The molecule has 1 aliphatic rings. The van der Waals surface area contributed by atoms with E-state index >= 15 is 0 Å². The Kier molecular flexibility index (Phi) is 3.50. The van der Waals surface area contributed by atoms with E-state index in [9.17, 15) is 0 Å². The predicted molar refractivity (Wildman–Crippen MR) is 53.9 cm³/mol. The Hall–Kier alpha value is -0.430. The van der Waals surface area contributed by atoms with Crippen LogP contribution < -0.4 is 0 Å². The fourth-order valence-electron chi connectivity index (χ4n) is 1.26. The standard InChI is InChI=1S/C10H14S/c1-3-9-5-4-6-10(7-9)8-11-2/h3-6,10H,1,7-8H2,2H3. The van der Waals surface area contributed by atoms with Crippen molar-refractivity contribution in [2.24, 2.45) is 5.92 Å². The first kappa shape index (κ1) is 8.66. The molecule has 0 saturated heterocycles. The lowest BCUT2D eigenvalue weighted by Gasteiger charge is -2.14. The van der Waals surface area contributed by atoms with Gasteiger partial charge in [-0.05, 0) is 29.9 Å². The largest absolute Gasteiger partial charge is 0.165 e. The van der Waals surface area contributed by atoms with Gasteiger partial charge in [-0.25, -0.2) is 0 Å². The maximum Gasteiger partial charge on any atom is -0.000393 e. The van der Waals surface area contributed by atoms with Gasteiger partial charge >= 0.3 is 0 Å². The van der Waals surface area contributed by atoms with Crippen molar-refractivity contribution in [2.75, 3.05) is 12.0 Å². The van der Waals surface area contributed by atoms with Gasteiger partial charge in [0.25, 0.3) is 0 Å². The summed E-state index contributed by atoms with van der Waals surface area (Å²) in [6, 6.07) is 0. The first-order valence-electron chi connectivity index (χ1n) is 3.85. The highest BCUT2D eigenvalue weighted by atomic mass is 32.2. The van der Waals surface area contributed by atoms with Crippen LogP contribution in [0.25, 0.3) is 0 Å². The van der Waals surface area contributed by atoms with Gasteiger partial charge in [0.15, 0.2) is 0 Å². The summed E-state index contributed by atoms with van der Waals surface area (Å²) in [5.41, 5.74) is 1.37. The lowest BCUT2D eigenvalue weighted by molar-refractivity contribution is 0.731. The molecule has 0 aromatic rings. The van der Waals surface area contributed by atoms with Crippen LogP contribution in [0.15, 0.2) is 36.5 Å². The van der Waals surface area contributed by atoms with E-state index in [2.05, 4.69) is 31.1 Å². The molecule has 1 atom stereocenters. The molecule has 0 saturated carbocycles. The first-order chi connectivity index (χ1) is 5.36. The Morgan fingerprint density at radius 1 is 1.82 bits per heavy atom. The van der Waals surface area contributed by atoms with Crippen LogP contribution in [-0.2, 0) is 0 Å². The van der Waals surface area contributed by atoms with Crippen molar-refractivity contribution in [3.05, 3.63) is 36.5 Å². The summed E-state index contributed by atoms with van der Waals surface area (Å²) in [5.74, 6) is 1.95. The Labute approximate surface area is 73.1 Å². The fraction of sp³-hybridized carbons (Fsp3) is 0.400. The second kappa shape index (κ2) is 4.45. The molecule has 1 rings (SSSR count). The van der Waals surface area contributed by atoms with Gasteiger partial charge in [0.2, 0.25) is 0 Å². The maximum atomic E-state index is 3.77. The molecule has 0 aromatic carbocycles. The van der Waals surface area contributed by atoms with Gasteiger partial charge in [0.1, 0.15) is 0 Å². The van der Waals surface area contributed by atoms with E-state index in [1.807, 2.05) is 17.8 Å². The Bertz CT molecular complexity index is 189. The van der Waals surface area contributed by atoms with Crippen molar-refractivity contribution >= 4 is 11.8 Å². The predicted octanol–water partition coefficient (Wildman–Crippen LogP) is 3.04. The number of hydrogen-bond donors (Lipinski definition) is 0. The number of rotatable bonds is 3. The molecule has 0 amide bonds. The third-order valence-corrected chi connectivity index (χ3v) is 2.60. The van der Waals surface area contributed by atoms with E-state index in [0.717, 1.165) is 5.92 Å². The highest BCUT2D eigenvalue weighted by Gasteiger charge is 2.07. The van der Waals surface area contributed by atoms with Crippen LogP contribution in [0.5, 0.6) is 0 Å². The lowest BCUT2D eigenvalue weighted by Crippen LogP contribution is -2.03. The average molecular weight is 166 g/mol. The summed E-state index contributed by atoms with van der Waals surface area (Å²) in [6.45, 7) is 3.77. The highest BCUT2D eigenvalue weighted by molar-refractivity contribution is 7.98. The monoisotopic (exact) mass is 166 g/mol. The molecule has 60 valence electrons. The second-order valence-corrected chi connectivity index (χ2v) is 3.66. The summed E-state index contributed by atoms with van der Waals surface area (Å²) in [5, 5.41) is 0. The summed E-state index contributed by atoms with van der Waals surface area (Å²) in [6.07, 6.45) is 11.8. The molecular weight excluding hydrogens is 152 g/mol. The summed E-state index contributed by atoms with van der Waals surface area (Å²) < 4.78 is 0. The summed E-state index contributed by atoms with van der Waals surface area (Å²) >= 11 is 1.91. The molecule has 1 aliphatic carbocycles. The molecule has 0 fully saturated rings. The van der Waals surface area contributed by atoms with Crippen LogP contribution in [0, 0.1) is 5.92 Å². The number of hydrogen-bond acceptors (Lipinski definition) is 1. The van der Waals surface area contributed by atoms with E-state index in [4.69, 9.17) is 0 Å². The number of thioether (sulfide) groups is 1. The van der Waals surface area contributed by atoms with Crippen LogP contribution in [0.4, 0.5) is 0 Å². The van der Waals surface area contributed by atoms with Crippen LogP contribution in [0.1, 0.15) is 6.42 Å². The zero-order valence-corrected chi connectivity index (χ0v) is 7.73. The van der Waals surface area contributed by atoms with Gasteiger partial charge in [0.05, 0.1) is 0 Å². The molecular formula is C10H14S. The molecule has 0 aromatic heterocycles. The lowest BCUT2D eigenvalue weighted by atomic mass is 9.96. The third-order valence-electron chi connectivity index (χ3n) is 1.83. The van der Waals surface area contributed by atoms with E-state index < -0.39 is 0 Å². The maximum absolute atomic E-state index is 3.77. The van der Waals surface area contributed by atoms with Gasteiger partial charge in [-0.15, -0.1) is 0 Å². The zero-order chi connectivity index (χ0) is 8.10. The van der Waals surface area contributed by atoms with Crippen molar-refractivity contribution in [1.29, 1.82) is 0 Å². The molecule has 0 radical (unpaired) electrons. The third kappa shape index (κ3) is 2.58. The minimum absolute atomic E-state index is 0.725. The second-order valence-electron chi connectivity index (χ2n) is 2.75. The van der Waals surface area contributed by atoms with E-state index in [0.29, 0.717) is 0 Å². The van der Waals surface area contributed by atoms with Crippen molar-refractivity contribution in [1.82, 2.24) is 0 Å². The quantitative estimate of drug-likeness (QED) is 0.621. The van der Waals surface area contributed by atoms with Gasteiger partial charge in [-0.1, -0.05) is 30.9 Å². The van der Waals surface area contributed by atoms with Gasteiger partial charge in [-0.2, -0.15) is 11.8 Å². The zero-order valence-electron chi connectivity index (χ0n) is 6.92. The molecule has 0 N–H and O–H groups in total. The minimum atomic E-state index is 0.725. The Morgan fingerprint density at radius 3 is 3.27 bits per heavy atom. The molecule has 0 heterocycles. The highest BCUT2D eigenvalue weighted by Crippen LogP contribution is 2.21. The Balaban J connectivity index is 2.47. The minimum Gasteiger partial charge on any atom is -0.165 e. The number of allylic oxidation sites excluding steroid dienone is 5. The molecule has 11 heavy (non-hydrogen) atoms. The smallest absolute Gasteiger partial charge is 0.000393 e. The van der Waals surface area contributed by atoms with Gasteiger partial charge in [-0.3, -0.25) is 0 Å². The van der Waals surface area contributed by atoms with E-state index in [-0.39, 0.29) is 0 Å². The topological polar surface area (TPSA) is 0 Å². The summed E-state index contributed by atoms with van der Waals surface area (Å²) in [7, 11) is 0. The molecule has 1 heteroatoms. The van der Waals surface area contributed by atoms with Crippen molar-refractivity contribution in [2.45, 2.75) is 6.42 Å². The molecule has 0 bridgehead atoms. The fourth-order valence-corrected chi connectivity index (χ4v) is 1.91. The van der Waals surface area contributed by atoms with E-state index in [1.165, 1.54) is 17.7 Å². The first-order valence-corrected chi connectivity index (χ1v) is 5.25. The SMILES string of the molecule is C=CC1=CC=CC(CSC)C1. The van der Waals surface area contributed by atoms with Crippen LogP contribution in [0.3, 0.4) is 0 Å². The van der Waals surface area contributed by atoms with Crippen molar-refractivity contribution < 1.29 is 0 Å². The molecule has 0 aliphatic heterocycles. The van der Waals surface area contributed by atoms with Crippen molar-refractivity contribution in [3.8, 4) is 0 Å². The molecule has 1 unspecified atom stereocenters. The van der Waals surface area contributed by atoms with Gasteiger partial charge < -0.3 is 0 Å². The van der Waals surface area contributed by atoms with Crippen LogP contribution in [0.2, 0.25) is 0 Å². The molecule has 0 spiro atoms. The average Bonchev–Trinajstić information content (AvgIpc) is 2.06. The molecule has 0 nitrogen and oxygen atoms in total. The normalized spacial score (nSPS) is 23.0. The van der Waals surface area contributed by atoms with Crippen molar-refractivity contribution in [3.63, 3.8) is 0 Å². The van der Waals surface area contributed by atoms with E-state index in [1.54, 1.807) is 0 Å².